The Kier molecular flexibility index (Phi) is 5.10. The van der Waals surface area contributed by atoms with Gasteiger partial charge in [-0.15, -0.1) is 0 Å². The number of rotatable bonds is 4. The van der Waals surface area contributed by atoms with Crippen molar-refractivity contribution in [3.05, 3.63) is 48.5 Å². The third-order valence-electron chi connectivity index (χ3n) is 2.94. The number of nitrogens with one attached hydrogen (secondary N) is 1. The number of amidine groups is 1. The normalized spacial score (nSPS) is 12.0. The molecule has 0 aliphatic heterocycles. The van der Waals surface area contributed by atoms with Crippen molar-refractivity contribution in [2.75, 3.05) is 19.5 Å². The Balaban J connectivity index is 2.35. The van der Waals surface area contributed by atoms with Gasteiger partial charge in [0.25, 0.3) is 0 Å². The lowest BCUT2D eigenvalue weighted by molar-refractivity contribution is -0.0586. The zero-order chi connectivity index (χ0) is 16.9. The van der Waals surface area contributed by atoms with Crippen LogP contribution >= 0.6 is 0 Å². The lowest BCUT2D eigenvalue weighted by atomic mass is 10.3. The SMILES string of the molecule is COc1ccc(NC(=Nc2ccccc2OC)C(F)(F)F)cc1. The van der Waals surface area contributed by atoms with Gasteiger partial charge in [0.1, 0.15) is 17.2 Å². The van der Waals surface area contributed by atoms with Crippen LogP contribution in [0.25, 0.3) is 0 Å². The standard InChI is InChI=1S/C16H15F3N2O2/c1-22-12-9-7-11(8-10-12)20-15(16(17,18)19)21-13-5-3-4-6-14(13)23-2/h3-10H,1-2H3,(H,20,21). The summed E-state index contributed by atoms with van der Waals surface area (Å²) in [6.07, 6.45) is -4.64. The molecule has 122 valence electrons. The van der Waals surface area contributed by atoms with Crippen LogP contribution < -0.4 is 14.8 Å². The quantitative estimate of drug-likeness (QED) is 0.669. The molecule has 0 aliphatic rings. The monoisotopic (exact) mass is 324 g/mol. The predicted molar refractivity (Wildman–Crippen MR) is 82.8 cm³/mol. The van der Waals surface area contributed by atoms with E-state index in [0.29, 0.717) is 5.75 Å². The number of aliphatic imine (C=N–C) groups is 1. The molecule has 0 saturated carbocycles. The number of anilines is 1. The van der Waals surface area contributed by atoms with E-state index in [2.05, 4.69) is 10.3 Å². The Morgan fingerprint density at radius 3 is 2.17 bits per heavy atom. The lowest BCUT2D eigenvalue weighted by Gasteiger charge is -2.14. The molecule has 0 atom stereocenters. The van der Waals surface area contributed by atoms with Gasteiger partial charge in [-0.05, 0) is 36.4 Å². The van der Waals surface area contributed by atoms with Gasteiger partial charge in [0.15, 0.2) is 0 Å². The molecular weight excluding hydrogens is 309 g/mol. The molecule has 4 nitrogen and oxygen atoms in total. The highest BCUT2D eigenvalue weighted by Crippen LogP contribution is 2.30. The highest BCUT2D eigenvalue weighted by molar-refractivity contribution is 6.01. The van der Waals surface area contributed by atoms with Gasteiger partial charge in [0.05, 0.1) is 14.2 Å². The van der Waals surface area contributed by atoms with Crippen molar-refractivity contribution in [1.82, 2.24) is 0 Å². The van der Waals surface area contributed by atoms with Crippen LogP contribution in [0.15, 0.2) is 53.5 Å². The number of alkyl halides is 3. The maximum absolute atomic E-state index is 13.2. The molecule has 0 bridgehead atoms. The smallest absolute Gasteiger partial charge is 0.449 e. The lowest BCUT2D eigenvalue weighted by Crippen LogP contribution is -2.30. The molecule has 2 aromatic carbocycles. The third-order valence-corrected chi connectivity index (χ3v) is 2.94. The fourth-order valence-corrected chi connectivity index (χ4v) is 1.82. The fourth-order valence-electron chi connectivity index (χ4n) is 1.82. The molecule has 0 aliphatic carbocycles. The van der Waals surface area contributed by atoms with Crippen molar-refractivity contribution >= 4 is 17.2 Å². The van der Waals surface area contributed by atoms with Gasteiger partial charge in [-0.2, -0.15) is 13.2 Å². The number of benzene rings is 2. The summed E-state index contributed by atoms with van der Waals surface area (Å²) >= 11 is 0. The number of halogens is 3. The highest BCUT2D eigenvalue weighted by atomic mass is 19.4. The minimum atomic E-state index is -4.64. The van der Waals surface area contributed by atoms with Crippen LogP contribution in [0.3, 0.4) is 0 Å². The number of hydrogen-bond acceptors (Lipinski definition) is 3. The number of nitrogens with zero attached hydrogens (tertiary/aromatic N) is 1. The van der Waals surface area contributed by atoms with E-state index in [-0.39, 0.29) is 17.1 Å². The average Bonchev–Trinajstić information content (AvgIpc) is 2.54. The number of ether oxygens (including phenoxy) is 2. The Labute approximate surface area is 131 Å². The van der Waals surface area contributed by atoms with Crippen LogP contribution in [0, 0.1) is 0 Å². The van der Waals surface area contributed by atoms with Gasteiger partial charge >= 0.3 is 6.18 Å². The highest BCUT2D eigenvalue weighted by Gasteiger charge is 2.36. The zero-order valence-corrected chi connectivity index (χ0v) is 12.5. The van der Waals surface area contributed by atoms with Crippen molar-refractivity contribution in [2.45, 2.75) is 6.18 Å². The Morgan fingerprint density at radius 2 is 1.61 bits per heavy atom. The number of para-hydroxylation sites is 2. The second-order valence-electron chi connectivity index (χ2n) is 4.48. The Hall–Kier alpha value is -2.70. The van der Waals surface area contributed by atoms with Crippen LogP contribution in [-0.2, 0) is 0 Å². The summed E-state index contributed by atoms with van der Waals surface area (Å²) < 4.78 is 49.6. The maximum atomic E-state index is 13.2. The fraction of sp³-hybridized carbons (Fsp3) is 0.188. The van der Waals surface area contributed by atoms with Gasteiger partial charge < -0.3 is 14.8 Å². The number of hydrogen-bond donors (Lipinski definition) is 1. The summed E-state index contributed by atoms with van der Waals surface area (Å²) in [7, 11) is 2.85. The molecule has 2 aromatic rings. The summed E-state index contributed by atoms with van der Waals surface area (Å²) in [5.41, 5.74) is 0.333. The molecule has 1 N–H and O–H groups in total. The van der Waals surface area contributed by atoms with Crippen LogP contribution in [-0.4, -0.2) is 26.2 Å². The summed E-state index contributed by atoms with van der Waals surface area (Å²) in [5, 5.41) is 2.28. The number of methoxy groups -OCH3 is 2. The van der Waals surface area contributed by atoms with E-state index in [4.69, 9.17) is 9.47 Å². The summed E-state index contributed by atoms with van der Waals surface area (Å²) in [6, 6.07) is 12.3. The topological polar surface area (TPSA) is 42.8 Å². The molecule has 0 radical (unpaired) electrons. The van der Waals surface area contributed by atoms with Crippen molar-refractivity contribution in [1.29, 1.82) is 0 Å². The van der Waals surface area contributed by atoms with Gasteiger partial charge in [0, 0.05) is 5.69 Å². The summed E-state index contributed by atoms with van der Waals surface area (Å²) in [6.45, 7) is 0. The minimum absolute atomic E-state index is 0.0864. The molecular formula is C16H15F3N2O2. The molecule has 0 fully saturated rings. The van der Waals surface area contributed by atoms with E-state index in [9.17, 15) is 13.2 Å². The first-order valence-electron chi connectivity index (χ1n) is 6.64. The van der Waals surface area contributed by atoms with E-state index >= 15 is 0 Å². The average molecular weight is 324 g/mol. The maximum Gasteiger partial charge on any atom is 0.449 e. The summed E-state index contributed by atoms with van der Waals surface area (Å²) in [5.74, 6) is -0.330. The molecule has 0 heterocycles. The Bertz CT molecular complexity index is 682. The van der Waals surface area contributed by atoms with Gasteiger partial charge in [-0.1, -0.05) is 12.1 Å². The molecule has 0 aromatic heterocycles. The second-order valence-corrected chi connectivity index (χ2v) is 4.48. The summed E-state index contributed by atoms with van der Waals surface area (Å²) in [4.78, 5) is 3.66. The molecule has 7 heteroatoms. The molecule has 0 spiro atoms. The molecule has 0 unspecified atom stereocenters. The van der Waals surface area contributed by atoms with Crippen LogP contribution in [0.4, 0.5) is 24.5 Å². The first kappa shape index (κ1) is 16.7. The third kappa shape index (κ3) is 4.38. The van der Waals surface area contributed by atoms with Gasteiger partial charge in [-0.25, -0.2) is 4.99 Å². The molecule has 2 rings (SSSR count). The largest absolute Gasteiger partial charge is 0.497 e. The van der Waals surface area contributed by atoms with Crippen LogP contribution in [0.5, 0.6) is 11.5 Å². The van der Waals surface area contributed by atoms with E-state index in [1.807, 2.05) is 0 Å². The van der Waals surface area contributed by atoms with Crippen LogP contribution in [0.1, 0.15) is 0 Å². The van der Waals surface area contributed by atoms with Gasteiger partial charge in [-0.3, -0.25) is 0 Å². The molecule has 23 heavy (non-hydrogen) atoms. The van der Waals surface area contributed by atoms with E-state index in [1.165, 1.54) is 32.4 Å². The Morgan fingerprint density at radius 1 is 0.957 bits per heavy atom. The van der Waals surface area contributed by atoms with E-state index < -0.39 is 12.0 Å². The first-order valence-corrected chi connectivity index (χ1v) is 6.64. The zero-order valence-electron chi connectivity index (χ0n) is 12.5. The minimum Gasteiger partial charge on any atom is -0.497 e. The van der Waals surface area contributed by atoms with Crippen LogP contribution in [0.2, 0.25) is 0 Å². The van der Waals surface area contributed by atoms with E-state index in [1.54, 1.807) is 30.3 Å². The first-order chi connectivity index (χ1) is 10.9. The predicted octanol–water partition coefficient (Wildman–Crippen LogP) is 4.41. The van der Waals surface area contributed by atoms with Crippen molar-refractivity contribution < 1.29 is 22.6 Å². The van der Waals surface area contributed by atoms with Gasteiger partial charge in [0.2, 0.25) is 5.84 Å². The van der Waals surface area contributed by atoms with Crippen molar-refractivity contribution in [3.8, 4) is 11.5 Å². The molecule has 0 amide bonds. The van der Waals surface area contributed by atoms with Crippen molar-refractivity contribution in [3.63, 3.8) is 0 Å². The van der Waals surface area contributed by atoms with Crippen molar-refractivity contribution in [2.24, 2.45) is 4.99 Å². The second kappa shape index (κ2) is 7.04. The molecule has 0 saturated heterocycles. The van der Waals surface area contributed by atoms with E-state index in [0.717, 1.165) is 0 Å².